The van der Waals surface area contributed by atoms with Gasteiger partial charge in [-0.2, -0.15) is 0 Å². The van der Waals surface area contributed by atoms with Gasteiger partial charge in [-0.3, -0.25) is 0 Å². The number of aryl methyl sites for hydroxylation is 1. The molecule has 0 aromatic carbocycles. The van der Waals surface area contributed by atoms with E-state index in [1.165, 1.54) is 0 Å². The van der Waals surface area contributed by atoms with Crippen molar-refractivity contribution in [3.8, 4) is 10.6 Å². The third-order valence-electron chi connectivity index (χ3n) is 2.43. The number of furan rings is 1. The Balaban J connectivity index is 2.12. The average molecular weight is 251 g/mol. The van der Waals surface area contributed by atoms with Crippen LogP contribution in [0.25, 0.3) is 10.6 Å². The molecular formula is C12H17N3OS. The van der Waals surface area contributed by atoms with Gasteiger partial charge in [-0.1, -0.05) is 32.1 Å². The molecule has 0 aliphatic carbocycles. The van der Waals surface area contributed by atoms with Crippen molar-refractivity contribution in [2.75, 3.05) is 0 Å². The Morgan fingerprint density at radius 1 is 1.41 bits per heavy atom. The highest BCUT2D eigenvalue weighted by molar-refractivity contribution is 7.14. The summed E-state index contributed by atoms with van der Waals surface area (Å²) >= 11 is 1.62. The number of hydrogen-bond acceptors (Lipinski definition) is 5. The van der Waals surface area contributed by atoms with Crippen molar-refractivity contribution in [1.29, 1.82) is 0 Å². The molecule has 0 bridgehead atoms. The molecule has 5 heteroatoms. The second-order valence-electron chi connectivity index (χ2n) is 4.15. The Bertz CT molecular complexity index is 476. The van der Waals surface area contributed by atoms with E-state index in [0.717, 1.165) is 34.3 Å². The van der Waals surface area contributed by atoms with Crippen molar-refractivity contribution in [3.05, 3.63) is 23.1 Å². The predicted molar refractivity (Wildman–Crippen MR) is 69.0 cm³/mol. The van der Waals surface area contributed by atoms with Gasteiger partial charge < -0.3 is 9.73 Å². The first kappa shape index (κ1) is 12.3. The van der Waals surface area contributed by atoms with Crippen LogP contribution in [0.15, 0.2) is 16.7 Å². The van der Waals surface area contributed by atoms with Crippen molar-refractivity contribution in [3.63, 3.8) is 0 Å². The third-order valence-corrected chi connectivity index (χ3v) is 3.38. The molecule has 0 fully saturated rings. The Morgan fingerprint density at radius 3 is 2.94 bits per heavy atom. The SMILES string of the molecule is CCc1occc1-c1nnc(CNC(C)C)s1. The standard InChI is InChI=1S/C12H17N3OS/c1-4-10-9(5-6-16-10)12-15-14-11(17-12)7-13-8(2)3/h5-6,8,13H,4,7H2,1-3H3. The quantitative estimate of drug-likeness (QED) is 0.887. The monoisotopic (exact) mass is 251 g/mol. The van der Waals surface area contributed by atoms with Crippen LogP contribution in [0.4, 0.5) is 0 Å². The van der Waals surface area contributed by atoms with Gasteiger partial charge in [-0.15, -0.1) is 10.2 Å². The molecule has 1 N–H and O–H groups in total. The van der Waals surface area contributed by atoms with E-state index in [1.807, 2.05) is 6.07 Å². The lowest BCUT2D eigenvalue weighted by Gasteiger charge is -2.03. The van der Waals surface area contributed by atoms with E-state index in [4.69, 9.17) is 4.42 Å². The summed E-state index contributed by atoms with van der Waals surface area (Å²) in [7, 11) is 0. The molecule has 0 aliphatic heterocycles. The van der Waals surface area contributed by atoms with Crippen molar-refractivity contribution < 1.29 is 4.42 Å². The number of hydrogen-bond donors (Lipinski definition) is 1. The second kappa shape index (κ2) is 5.42. The van der Waals surface area contributed by atoms with Crippen molar-refractivity contribution in [2.45, 2.75) is 39.8 Å². The molecule has 0 saturated heterocycles. The van der Waals surface area contributed by atoms with Crippen LogP contribution in [-0.2, 0) is 13.0 Å². The van der Waals surface area contributed by atoms with Gasteiger partial charge in [0, 0.05) is 19.0 Å². The largest absolute Gasteiger partial charge is 0.469 e. The van der Waals surface area contributed by atoms with Gasteiger partial charge in [0.2, 0.25) is 0 Å². The van der Waals surface area contributed by atoms with Crippen molar-refractivity contribution >= 4 is 11.3 Å². The minimum Gasteiger partial charge on any atom is -0.469 e. The highest BCUT2D eigenvalue weighted by atomic mass is 32.1. The van der Waals surface area contributed by atoms with Gasteiger partial charge in [0.15, 0.2) is 5.01 Å². The maximum Gasteiger partial charge on any atom is 0.151 e. The summed E-state index contributed by atoms with van der Waals surface area (Å²) in [6, 6.07) is 2.42. The van der Waals surface area contributed by atoms with Crippen LogP contribution < -0.4 is 5.32 Å². The lowest BCUT2D eigenvalue weighted by molar-refractivity contribution is 0.517. The van der Waals surface area contributed by atoms with Gasteiger partial charge >= 0.3 is 0 Å². The Kier molecular flexibility index (Phi) is 3.91. The molecule has 0 saturated carbocycles. The zero-order chi connectivity index (χ0) is 12.3. The zero-order valence-corrected chi connectivity index (χ0v) is 11.2. The predicted octanol–water partition coefficient (Wildman–Crippen LogP) is 2.86. The minimum atomic E-state index is 0.461. The number of rotatable bonds is 5. The Hall–Kier alpha value is -1.20. The van der Waals surface area contributed by atoms with Crippen LogP contribution in [0.1, 0.15) is 31.5 Å². The summed E-state index contributed by atoms with van der Waals surface area (Å²) in [5, 5.41) is 13.7. The van der Waals surface area contributed by atoms with Gasteiger partial charge in [0.1, 0.15) is 10.8 Å². The highest BCUT2D eigenvalue weighted by Crippen LogP contribution is 2.28. The van der Waals surface area contributed by atoms with Gasteiger partial charge in [0.05, 0.1) is 11.8 Å². The molecule has 2 aromatic rings. The lowest BCUT2D eigenvalue weighted by atomic mass is 10.2. The lowest BCUT2D eigenvalue weighted by Crippen LogP contribution is -2.21. The van der Waals surface area contributed by atoms with E-state index in [0.29, 0.717) is 6.04 Å². The summed E-state index contributed by atoms with van der Waals surface area (Å²) in [6.07, 6.45) is 2.59. The molecule has 0 atom stereocenters. The fourth-order valence-electron chi connectivity index (χ4n) is 1.53. The Labute approximate surface area is 105 Å². The van der Waals surface area contributed by atoms with E-state index in [-0.39, 0.29) is 0 Å². The number of aromatic nitrogens is 2. The molecule has 2 aromatic heterocycles. The average Bonchev–Trinajstić information content (AvgIpc) is 2.94. The van der Waals surface area contributed by atoms with Gasteiger partial charge in [-0.05, 0) is 6.07 Å². The van der Waals surface area contributed by atoms with Crippen LogP contribution in [0.5, 0.6) is 0 Å². The first-order valence-electron chi connectivity index (χ1n) is 5.83. The van der Waals surface area contributed by atoms with Crippen LogP contribution in [0.3, 0.4) is 0 Å². The summed E-state index contributed by atoms with van der Waals surface area (Å²) in [5.74, 6) is 0.976. The van der Waals surface area contributed by atoms with E-state index in [9.17, 15) is 0 Å². The number of nitrogens with one attached hydrogen (secondary N) is 1. The van der Waals surface area contributed by atoms with E-state index in [2.05, 4.69) is 36.3 Å². The molecule has 0 unspecified atom stereocenters. The zero-order valence-electron chi connectivity index (χ0n) is 10.4. The molecule has 0 amide bonds. The molecule has 0 aliphatic rings. The fraction of sp³-hybridized carbons (Fsp3) is 0.500. The normalized spacial score (nSPS) is 11.3. The third kappa shape index (κ3) is 2.92. The molecule has 0 radical (unpaired) electrons. The van der Waals surface area contributed by atoms with E-state index < -0.39 is 0 Å². The highest BCUT2D eigenvalue weighted by Gasteiger charge is 2.12. The maximum absolute atomic E-state index is 5.40. The van der Waals surface area contributed by atoms with E-state index in [1.54, 1.807) is 17.6 Å². The molecule has 0 spiro atoms. The summed E-state index contributed by atoms with van der Waals surface area (Å²) in [6.45, 7) is 7.08. The van der Waals surface area contributed by atoms with Crippen molar-refractivity contribution in [1.82, 2.24) is 15.5 Å². The van der Waals surface area contributed by atoms with E-state index >= 15 is 0 Å². The summed E-state index contributed by atoms with van der Waals surface area (Å²) < 4.78 is 5.40. The maximum atomic E-state index is 5.40. The molecule has 2 heterocycles. The molecule has 17 heavy (non-hydrogen) atoms. The first-order chi connectivity index (χ1) is 8.20. The summed E-state index contributed by atoms with van der Waals surface area (Å²) in [4.78, 5) is 0. The molecule has 4 nitrogen and oxygen atoms in total. The first-order valence-corrected chi connectivity index (χ1v) is 6.64. The van der Waals surface area contributed by atoms with Crippen LogP contribution in [0, 0.1) is 0 Å². The number of nitrogens with zero attached hydrogens (tertiary/aromatic N) is 2. The molecule has 92 valence electrons. The smallest absolute Gasteiger partial charge is 0.151 e. The van der Waals surface area contributed by atoms with Gasteiger partial charge in [-0.25, -0.2) is 0 Å². The van der Waals surface area contributed by atoms with Crippen LogP contribution in [0.2, 0.25) is 0 Å². The minimum absolute atomic E-state index is 0.461. The molecular weight excluding hydrogens is 234 g/mol. The molecule has 2 rings (SSSR count). The summed E-state index contributed by atoms with van der Waals surface area (Å²) in [5.41, 5.74) is 1.07. The topological polar surface area (TPSA) is 51.0 Å². The van der Waals surface area contributed by atoms with Crippen molar-refractivity contribution in [2.24, 2.45) is 0 Å². The van der Waals surface area contributed by atoms with Crippen LogP contribution >= 0.6 is 11.3 Å². The van der Waals surface area contributed by atoms with Crippen LogP contribution in [-0.4, -0.2) is 16.2 Å². The van der Waals surface area contributed by atoms with Gasteiger partial charge in [0.25, 0.3) is 0 Å². The fourth-order valence-corrected chi connectivity index (χ4v) is 2.36. The Morgan fingerprint density at radius 2 is 2.24 bits per heavy atom. The second-order valence-corrected chi connectivity index (χ2v) is 5.21.